The van der Waals surface area contributed by atoms with Crippen LogP contribution in [0.3, 0.4) is 0 Å². The number of hydrogen-bond acceptors (Lipinski definition) is 7. The molecule has 0 atom stereocenters. The number of benzene rings is 4. The number of rotatable bonds is 12. The van der Waals surface area contributed by atoms with Crippen LogP contribution in [-0.4, -0.2) is 90.3 Å². The van der Waals surface area contributed by atoms with Crippen LogP contribution >= 0.6 is 0 Å². The summed E-state index contributed by atoms with van der Waals surface area (Å²) in [5, 5.41) is 13.0. The average molecular weight is 661 g/mol. The number of imide groups is 2. The molecule has 11 nitrogen and oxygen atoms in total. The summed E-state index contributed by atoms with van der Waals surface area (Å²) in [5.41, 5.74) is 2.82. The standard InChI is InChI=1S/C26H33N5O3.C12H7NO2/c1-5-13-30(19(3)32)15-8-14-28(4)16-17-31-25(33)21-10-7-9-20-23(29(6-2)18-27)12-11-22(24(20)21)26(31)34;14-11-8-5-1-3-7-4-2-6-9(10(7)8)12(15)13-11/h6-7,9-12,18,27H,2,5,8,13-17H2,1,3-4H3;1-6H,(H,13,14,15). The van der Waals surface area contributed by atoms with Gasteiger partial charge in [0.15, 0.2) is 0 Å². The zero-order valence-corrected chi connectivity index (χ0v) is 28.0. The first-order chi connectivity index (χ1) is 23.6. The third kappa shape index (κ3) is 6.97. The SMILES string of the molecule is C=CN(C=N)c1ccc2c3c(cccc13)C(=O)N(CCN(C)CCCN(CCC)C(C)=O)C2=O.O=C1NC(=O)c2cccc3cccc1c23. The normalized spacial score (nSPS) is 13.3. The Morgan fingerprint density at radius 2 is 1.43 bits per heavy atom. The number of likely N-dealkylation sites (N-methyl/N-ethyl adjacent to an activating group) is 1. The van der Waals surface area contributed by atoms with E-state index in [4.69, 9.17) is 5.41 Å². The zero-order chi connectivity index (χ0) is 35.2. The molecule has 4 aromatic carbocycles. The average Bonchev–Trinajstić information content (AvgIpc) is 3.10. The third-order valence-electron chi connectivity index (χ3n) is 8.82. The molecule has 0 bridgehead atoms. The number of amides is 5. The summed E-state index contributed by atoms with van der Waals surface area (Å²) < 4.78 is 0. The van der Waals surface area contributed by atoms with Crippen LogP contribution in [-0.2, 0) is 4.79 Å². The topological polar surface area (TPSA) is 134 Å². The van der Waals surface area contributed by atoms with Crippen LogP contribution in [0.2, 0.25) is 0 Å². The fourth-order valence-corrected chi connectivity index (χ4v) is 6.35. The monoisotopic (exact) mass is 660 g/mol. The highest BCUT2D eigenvalue weighted by molar-refractivity contribution is 6.27. The summed E-state index contributed by atoms with van der Waals surface area (Å²) >= 11 is 0. The maximum atomic E-state index is 13.3. The predicted octanol–water partition coefficient (Wildman–Crippen LogP) is 5.30. The lowest BCUT2D eigenvalue weighted by Gasteiger charge is -2.30. The Labute approximate surface area is 285 Å². The van der Waals surface area contributed by atoms with Gasteiger partial charge in [0, 0.05) is 77.7 Å². The lowest BCUT2D eigenvalue weighted by Crippen LogP contribution is -2.44. The molecule has 2 heterocycles. The number of nitrogens with one attached hydrogen (secondary N) is 2. The molecule has 0 aliphatic carbocycles. The van der Waals surface area contributed by atoms with E-state index in [2.05, 4.69) is 23.7 Å². The molecule has 4 aromatic rings. The van der Waals surface area contributed by atoms with Crippen LogP contribution in [0, 0.1) is 5.41 Å². The largest absolute Gasteiger partial charge is 0.343 e. The van der Waals surface area contributed by atoms with E-state index < -0.39 is 0 Å². The van der Waals surface area contributed by atoms with Crippen molar-refractivity contribution in [2.75, 3.05) is 44.7 Å². The van der Waals surface area contributed by atoms with E-state index in [1.165, 1.54) is 11.1 Å². The van der Waals surface area contributed by atoms with Gasteiger partial charge in [-0.05, 0) is 62.2 Å². The number of nitrogens with zero attached hydrogens (tertiary/aromatic N) is 4. The summed E-state index contributed by atoms with van der Waals surface area (Å²) in [7, 11) is 1.96. The van der Waals surface area contributed by atoms with Crippen molar-refractivity contribution < 1.29 is 24.0 Å². The highest BCUT2D eigenvalue weighted by Crippen LogP contribution is 2.36. The molecule has 5 amide bonds. The second kappa shape index (κ2) is 15.0. The van der Waals surface area contributed by atoms with Gasteiger partial charge in [-0.2, -0.15) is 0 Å². The smallest absolute Gasteiger partial charge is 0.261 e. The van der Waals surface area contributed by atoms with Gasteiger partial charge in [0.1, 0.15) is 0 Å². The van der Waals surface area contributed by atoms with Gasteiger partial charge in [0.05, 0.1) is 12.0 Å². The van der Waals surface area contributed by atoms with E-state index in [1.807, 2.05) is 42.3 Å². The van der Waals surface area contributed by atoms with Crippen LogP contribution in [0.5, 0.6) is 0 Å². The van der Waals surface area contributed by atoms with Gasteiger partial charge in [-0.25, -0.2) is 0 Å². The van der Waals surface area contributed by atoms with Gasteiger partial charge in [-0.15, -0.1) is 0 Å². The van der Waals surface area contributed by atoms with Gasteiger partial charge in [-0.3, -0.25) is 39.6 Å². The minimum absolute atomic E-state index is 0.0850. The second-order valence-electron chi connectivity index (χ2n) is 12.0. The summed E-state index contributed by atoms with van der Waals surface area (Å²) in [4.78, 5) is 68.1. The fraction of sp³-hybridized carbons (Fsp3) is 0.263. The molecule has 6 rings (SSSR count). The maximum absolute atomic E-state index is 13.3. The zero-order valence-electron chi connectivity index (χ0n) is 28.0. The van der Waals surface area contributed by atoms with Crippen molar-refractivity contribution in [3.05, 3.63) is 102 Å². The quantitative estimate of drug-likeness (QED) is 0.120. The molecule has 11 heteroatoms. The number of anilines is 1. The van der Waals surface area contributed by atoms with Gasteiger partial charge >= 0.3 is 0 Å². The van der Waals surface area contributed by atoms with Crippen LogP contribution in [0.4, 0.5) is 5.69 Å². The van der Waals surface area contributed by atoms with Crippen molar-refractivity contribution >= 4 is 63.1 Å². The summed E-state index contributed by atoms with van der Waals surface area (Å²) in [5.74, 6) is -1.16. The molecule has 2 aliphatic heterocycles. The Hall–Kier alpha value is -5.68. The van der Waals surface area contributed by atoms with Crippen LogP contribution in [0.15, 0.2) is 79.5 Å². The molecule has 0 unspecified atom stereocenters. The van der Waals surface area contributed by atoms with E-state index in [9.17, 15) is 24.0 Å². The van der Waals surface area contributed by atoms with Crippen molar-refractivity contribution in [2.45, 2.75) is 26.7 Å². The Morgan fingerprint density at radius 3 is 2.02 bits per heavy atom. The molecule has 0 saturated heterocycles. The molecule has 252 valence electrons. The Balaban J connectivity index is 0.000000256. The molecule has 0 fully saturated rings. The summed E-state index contributed by atoms with van der Waals surface area (Å²) in [6, 6.07) is 19.8. The Kier molecular flexibility index (Phi) is 10.6. The van der Waals surface area contributed by atoms with E-state index >= 15 is 0 Å². The Bertz CT molecular complexity index is 1910. The first-order valence-electron chi connectivity index (χ1n) is 16.3. The molecule has 49 heavy (non-hydrogen) atoms. The van der Waals surface area contributed by atoms with Crippen molar-refractivity contribution in [1.29, 1.82) is 5.41 Å². The highest BCUT2D eigenvalue weighted by Gasteiger charge is 2.33. The van der Waals surface area contributed by atoms with Gasteiger partial charge < -0.3 is 14.7 Å². The molecule has 0 spiro atoms. The van der Waals surface area contributed by atoms with Gasteiger partial charge in [0.25, 0.3) is 23.6 Å². The first-order valence-corrected chi connectivity index (χ1v) is 16.3. The number of carbonyl (C=O) groups is 5. The minimum Gasteiger partial charge on any atom is -0.343 e. The minimum atomic E-state index is -0.315. The van der Waals surface area contributed by atoms with Crippen LogP contribution in [0.25, 0.3) is 21.5 Å². The molecule has 0 aromatic heterocycles. The molecule has 2 aliphatic rings. The summed E-state index contributed by atoms with van der Waals surface area (Å²) in [6.07, 6.45) is 4.42. The third-order valence-corrected chi connectivity index (χ3v) is 8.82. The highest BCUT2D eigenvalue weighted by atomic mass is 16.2. The van der Waals surface area contributed by atoms with Crippen molar-refractivity contribution in [3.8, 4) is 0 Å². The predicted molar refractivity (Wildman–Crippen MR) is 191 cm³/mol. The number of carbonyl (C=O) groups excluding carboxylic acids is 5. The van der Waals surface area contributed by atoms with E-state index in [-0.39, 0.29) is 36.1 Å². The van der Waals surface area contributed by atoms with Crippen molar-refractivity contribution in [1.82, 2.24) is 20.0 Å². The van der Waals surface area contributed by atoms with Crippen molar-refractivity contribution in [2.24, 2.45) is 0 Å². The lowest BCUT2D eigenvalue weighted by molar-refractivity contribution is -0.129. The molecular weight excluding hydrogens is 620 g/mol. The maximum Gasteiger partial charge on any atom is 0.261 e. The lowest BCUT2D eigenvalue weighted by atomic mass is 9.92. The van der Waals surface area contributed by atoms with E-state index in [0.717, 1.165) is 48.4 Å². The molecule has 0 saturated carbocycles. The molecule has 2 N–H and O–H groups in total. The first kappa shape index (κ1) is 34.6. The van der Waals surface area contributed by atoms with Crippen molar-refractivity contribution in [3.63, 3.8) is 0 Å². The second-order valence-corrected chi connectivity index (χ2v) is 12.0. The van der Waals surface area contributed by atoms with Crippen LogP contribution < -0.4 is 10.2 Å². The van der Waals surface area contributed by atoms with E-state index in [1.54, 1.807) is 48.2 Å². The van der Waals surface area contributed by atoms with Gasteiger partial charge in [-0.1, -0.05) is 49.9 Å². The van der Waals surface area contributed by atoms with Crippen LogP contribution in [0.1, 0.15) is 68.1 Å². The van der Waals surface area contributed by atoms with E-state index in [0.29, 0.717) is 46.4 Å². The number of hydrogen-bond donors (Lipinski definition) is 2. The summed E-state index contributed by atoms with van der Waals surface area (Å²) in [6.45, 7) is 10.4. The fourth-order valence-electron chi connectivity index (χ4n) is 6.35. The van der Waals surface area contributed by atoms with Gasteiger partial charge in [0.2, 0.25) is 5.91 Å². The molecule has 0 radical (unpaired) electrons. The Morgan fingerprint density at radius 1 is 0.816 bits per heavy atom. The molecular formula is C38H40N6O5.